The van der Waals surface area contributed by atoms with E-state index in [1.807, 2.05) is 49.4 Å². The van der Waals surface area contributed by atoms with Crippen LogP contribution >= 0.6 is 0 Å². The molecule has 4 N–H and O–H groups in total. The Labute approximate surface area is 257 Å². The molecule has 0 saturated carbocycles. The van der Waals surface area contributed by atoms with Gasteiger partial charge in [-0.2, -0.15) is 0 Å². The van der Waals surface area contributed by atoms with Crippen molar-refractivity contribution in [3.63, 3.8) is 0 Å². The van der Waals surface area contributed by atoms with E-state index in [1.54, 1.807) is 30.3 Å². The fourth-order valence-electron chi connectivity index (χ4n) is 7.24. The average Bonchev–Trinajstić information content (AvgIpc) is 3.28. The summed E-state index contributed by atoms with van der Waals surface area (Å²) in [5, 5.41) is 40.3. The Balaban J connectivity index is 1.31. The van der Waals surface area contributed by atoms with Crippen LogP contribution in [0.25, 0.3) is 11.6 Å². The number of carbonyl (C=O) groups is 2. The number of phenols is 1. The molecule has 0 aromatic heterocycles. The first-order valence-electron chi connectivity index (χ1n) is 15.2. The summed E-state index contributed by atoms with van der Waals surface area (Å²) in [6.07, 6.45) is 4.16. The lowest BCUT2D eigenvalue weighted by Gasteiger charge is -2.43. The molecule has 2 aliphatic heterocycles. The zero-order valence-electron chi connectivity index (χ0n) is 24.5. The second-order valence-electron chi connectivity index (χ2n) is 11.8. The third-order valence-corrected chi connectivity index (χ3v) is 9.19. The SMILES string of the molecule is CCC1=C2[C@@H](CC/C(=C/c3cccc(O)c3)c3ccccc3)OB(O)C[C@@H]2[C@@H]2C(=O)N(c3cccc(B(O)O)c3)C(=O)[C@@H]2C1. The van der Waals surface area contributed by atoms with Gasteiger partial charge in [0, 0.05) is 0 Å². The molecular weight excluding hydrogens is 556 g/mol. The first-order chi connectivity index (χ1) is 21.2. The summed E-state index contributed by atoms with van der Waals surface area (Å²) in [6, 6.07) is 23.3. The first-order valence-corrected chi connectivity index (χ1v) is 15.2. The number of nitrogens with zero attached hydrogens (tertiary/aromatic N) is 1. The molecule has 0 unspecified atom stereocenters. The molecule has 44 heavy (non-hydrogen) atoms. The van der Waals surface area contributed by atoms with Crippen molar-refractivity contribution in [1.82, 2.24) is 0 Å². The largest absolute Gasteiger partial charge is 0.508 e. The Kier molecular flexibility index (Phi) is 8.60. The molecule has 0 spiro atoms. The van der Waals surface area contributed by atoms with Gasteiger partial charge in [-0.1, -0.05) is 73.2 Å². The van der Waals surface area contributed by atoms with Crippen molar-refractivity contribution in [3.05, 3.63) is 101 Å². The van der Waals surface area contributed by atoms with Crippen LogP contribution in [0.5, 0.6) is 5.75 Å². The number of fused-ring (bicyclic) bond motifs is 3. The van der Waals surface area contributed by atoms with E-state index in [1.165, 1.54) is 17.0 Å². The van der Waals surface area contributed by atoms with E-state index in [2.05, 4.69) is 0 Å². The van der Waals surface area contributed by atoms with Gasteiger partial charge in [-0.05, 0) is 89.9 Å². The van der Waals surface area contributed by atoms with Crippen molar-refractivity contribution in [1.29, 1.82) is 0 Å². The van der Waals surface area contributed by atoms with Gasteiger partial charge in [0.25, 0.3) is 0 Å². The highest BCUT2D eigenvalue weighted by Gasteiger charge is 2.57. The van der Waals surface area contributed by atoms with Crippen molar-refractivity contribution >= 4 is 48.9 Å². The highest BCUT2D eigenvalue weighted by molar-refractivity contribution is 6.58. The molecule has 10 heteroatoms. The number of hydrogen-bond acceptors (Lipinski definition) is 7. The number of carbonyl (C=O) groups excluding carboxylic acids is 2. The predicted molar refractivity (Wildman–Crippen MR) is 170 cm³/mol. The third-order valence-electron chi connectivity index (χ3n) is 9.19. The Morgan fingerprint density at radius 2 is 1.77 bits per heavy atom. The van der Waals surface area contributed by atoms with Crippen molar-refractivity contribution in [2.45, 2.75) is 45.0 Å². The molecule has 3 aliphatic rings. The molecule has 6 rings (SSSR count). The van der Waals surface area contributed by atoms with Gasteiger partial charge in [0.15, 0.2) is 0 Å². The third kappa shape index (κ3) is 5.78. The summed E-state index contributed by atoms with van der Waals surface area (Å²) in [4.78, 5) is 28.9. The lowest BCUT2D eigenvalue weighted by molar-refractivity contribution is -0.122. The van der Waals surface area contributed by atoms with E-state index in [4.69, 9.17) is 4.65 Å². The lowest BCUT2D eigenvalue weighted by atomic mass is 9.58. The average molecular weight is 591 g/mol. The smallest absolute Gasteiger partial charge is 0.488 e. The summed E-state index contributed by atoms with van der Waals surface area (Å²) in [7, 11) is -2.80. The quantitative estimate of drug-likeness (QED) is 0.136. The van der Waals surface area contributed by atoms with Crippen molar-refractivity contribution in [2.24, 2.45) is 17.8 Å². The van der Waals surface area contributed by atoms with E-state index in [0.29, 0.717) is 31.4 Å². The van der Waals surface area contributed by atoms with Crippen LogP contribution in [0.3, 0.4) is 0 Å². The van der Waals surface area contributed by atoms with E-state index in [9.17, 15) is 29.8 Å². The molecule has 4 atom stereocenters. The number of aromatic hydroxyl groups is 1. The van der Waals surface area contributed by atoms with Crippen molar-refractivity contribution < 1.29 is 34.4 Å². The number of allylic oxidation sites excluding steroid dienone is 2. The van der Waals surface area contributed by atoms with Crippen LogP contribution in [-0.2, 0) is 14.2 Å². The molecule has 224 valence electrons. The number of amides is 2. The minimum atomic E-state index is -1.72. The van der Waals surface area contributed by atoms with Crippen LogP contribution in [0.15, 0.2) is 90.0 Å². The molecule has 3 aromatic rings. The second-order valence-corrected chi connectivity index (χ2v) is 11.8. The molecule has 0 bridgehead atoms. The Hall–Kier alpha value is -3.95. The number of anilines is 1. The number of phenolic OH excluding ortho intramolecular Hbond substituents is 1. The van der Waals surface area contributed by atoms with Crippen LogP contribution in [-0.4, -0.2) is 52.3 Å². The topological polar surface area (TPSA) is 128 Å². The minimum Gasteiger partial charge on any atom is -0.508 e. The molecule has 2 fully saturated rings. The second kappa shape index (κ2) is 12.6. The fourth-order valence-corrected chi connectivity index (χ4v) is 7.24. The van der Waals surface area contributed by atoms with Gasteiger partial charge >= 0.3 is 14.2 Å². The maximum atomic E-state index is 14.0. The van der Waals surface area contributed by atoms with Crippen LogP contribution in [0.4, 0.5) is 5.69 Å². The normalized spacial score (nSPS) is 23.6. The van der Waals surface area contributed by atoms with Gasteiger partial charge in [-0.3, -0.25) is 14.5 Å². The Morgan fingerprint density at radius 1 is 1.00 bits per heavy atom. The zero-order chi connectivity index (χ0) is 31.0. The van der Waals surface area contributed by atoms with Gasteiger partial charge in [-0.25, -0.2) is 0 Å². The highest BCUT2D eigenvalue weighted by Crippen LogP contribution is 2.52. The molecule has 2 saturated heterocycles. The van der Waals surface area contributed by atoms with E-state index in [0.717, 1.165) is 27.8 Å². The monoisotopic (exact) mass is 591 g/mol. The molecule has 2 heterocycles. The summed E-state index contributed by atoms with van der Waals surface area (Å²) in [5.41, 5.74) is 5.58. The predicted octanol–water partition coefficient (Wildman–Crippen LogP) is 3.80. The molecule has 3 aromatic carbocycles. The summed E-state index contributed by atoms with van der Waals surface area (Å²) >= 11 is 0. The number of benzene rings is 3. The van der Waals surface area contributed by atoms with Gasteiger partial charge < -0.3 is 24.8 Å². The Morgan fingerprint density at radius 3 is 2.50 bits per heavy atom. The Bertz CT molecular complexity index is 1620. The molecule has 1 aliphatic carbocycles. The summed E-state index contributed by atoms with van der Waals surface area (Å²) in [5.74, 6) is -1.97. The van der Waals surface area contributed by atoms with E-state index < -0.39 is 32.2 Å². The van der Waals surface area contributed by atoms with Crippen LogP contribution < -0.4 is 10.4 Å². The molecular formula is C34H35B2NO7. The van der Waals surface area contributed by atoms with Crippen LogP contribution in [0.2, 0.25) is 6.32 Å². The zero-order valence-corrected chi connectivity index (χ0v) is 24.5. The van der Waals surface area contributed by atoms with Crippen LogP contribution in [0, 0.1) is 17.8 Å². The van der Waals surface area contributed by atoms with Crippen molar-refractivity contribution in [2.75, 3.05) is 4.90 Å². The molecule has 0 radical (unpaired) electrons. The van der Waals surface area contributed by atoms with Crippen molar-refractivity contribution in [3.8, 4) is 5.75 Å². The summed E-state index contributed by atoms with van der Waals surface area (Å²) in [6.45, 7) is 2.05. The molecule has 2 amide bonds. The first kappa shape index (κ1) is 30.1. The lowest BCUT2D eigenvalue weighted by Crippen LogP contribution is -2.46. The minimum absolute atomic E-state index is 0.186. The molecule has 8 nitrogen and oxygen atoms in total. The van der Waals surface area contributed by atoms with Gasteiger partial charge in [0.05, 0.1) is 23.6 Å². The highest BCUT2D eigenvalue weighted by atomic mass is 16.5. The van der Waals surface area contributed by atoms with E-state index in [-0.39, 0.29) is 35.3 Å². The standard InChI is InChI=1S/C34H35B2NO7/c1-2-22-18-28-32(34(40)37(33(28)39)26-12-7-11-25(19-26)36(42)43)29-20-35(41)44-30(31(22)29)15-14-24(23-9-4-3-5-10-23)16-21-8-6-13-27(38)17-21/h3-13,16-17,19,28-30,32,38,41-43H,2,14-15,18,20H2,1H3/b24-16-/t28-,29+,30-,32-/m1/s1. The number of imide groups is 1. The maximum absolute atomic E-state index is 14.0. The number of rotatable bonds is 8. The van der Waals surface area contributed by atoms with Gasteiger partial charge in [0.2, 0.25) is 11.8 Å². The fraction of sp³-hybridized carbons (Fsp3) is 0.294. The van der Waals surface area contributed by atoms with Gasteiger partial charge in [0.1, 0.15) is 5.75 Å². The maximum Gasteiger partial charge on any atom is 0.488 e. The van der Waals surface area contributed by atoms with E-state index >= 15 is 0 Å². The summed E-state index contributed by atoms with van der Waals surface area (Å²) < 4.78 is 6.17. The van der Waals surface area contributed by atoms with Gasteiger partial charge in [-0.15, -0.1) is 0 Å². The number of hydrogen-bond donors (Lipinski definition) is 4. The van der Waals surface area contributed by atoms with Crippen LogP contribution in [0.1, 0.15) is 43.7 Å².